The van der Waals surface area contributed by atoms with E-state index in [0.29, 0.717) is 22.5 Å². The lowest BCUT2D eigenvalue weighted by atomic mass is 10.1. The van der Waals surface area contributed by atoms with E-state index in [1.165, 1.54) is 24.3 Å². The molecule has 0 saturated heterocycles. The number of alkyl halides is 3. The number of nitrogens with one attached hydrogen (secondary N) is 3. The summed E-state index contributed by atoms with van der Waals surface area (Å²) < 4.78 is 62.0. The number of hydrogen-bond donors (Lipinski definition) is 6. The van der Waals surface area contributed by atoms with Crippen molar-refractivity contribution < 1.29 is 31.5 Å². The number of amides is 1. The number of primary sulfonamides is 1. The minimum atomic E-state index is -4.52. The van der Waals surface area contributed by atoms with Crippen molar-refractivity contribution in [3.8, 4) is 11.3 Å². The Balaban J connectivity index is 1.60. The largest absolute Gasteiger partial charge is 0.405 e. The van der Waals surface area contributed by atoms with Gasteiger partial charge < -0.3 is 26.8 Å². The van der Waals surface area contributed by atoms with Gasteiger partial charge in [-0.1, -0.05) is 24.3 Å². The van der Waals surface area contributed by atoms with Crippen LogP contribution in [0.4, 0.5) is 30.6 Å². The second-order valence-corrected chi connectivity index (χ2v) is 10.4. The fourth-order valence-corrected chi connectivity index (χ4v) is 4.10. The predicted octanol–water partition coefficient (Wildman–Crippen LogP) is 2.18. The first-order chi connectivity index (χ1) is 19.3. The molecule has 216 valence electrons. The summed E-state index contributed by atoms with van der Waals surface area (Å²) in [4.78, 5) is 24.8. The first kappa shape index (κ1) is 29.6. The van der Waals surface area contributed by atoms with E-state index in [9.17, 15) is 26.4 Å². The fraction of sp³-hybridized carbons (Fsp3) is 0.200. The lowest BCUT2D eigenvalue weighted by molar-refractivity contribution is -0.118. The number of aliphatic hydroxyl groups is 1. The number of aliphatic hydroxyl groups excluding tert-OH is 1. The van der Waals surface area contributed by atoms with Crippen LogP contribution in [0, 0.1) is 0 Å². The normalized spacial score (nSPS) is 12.6. The molecule has 0 fully saturated rings. The molecule has 0 aliphatic heterocycles. The molecule has 4 aromatic rings. The highest BCUT2D eigenvalue weighted by atomic mass is 32.2. The van der Waals surface area contributed by atoms with E-state index in [0.717, 1.165) is 0 Å². The summed E-state index contributed by atoms with van der Waals surface area (Å²) in [6.45, 7) is -1.72. The number of sulfonamides is 1. The Labute approximate surface area is 232 Å². The maximum absolute atomic E-state index is 13.0. The summed E-state index contributed by atoms with van der Waals surface area (Å²) in [5.74, 6) is -0.692. The topological polar surface area (TPSA) is 198 Å². The van der Waals surface area contributed by atoms with E-state index in [4.69, 9.17) is 16.0 Å². The second kappa shape index (κ2) is 12.0. The average Bonchev–Trinajstić information content (AvgIpc) is 2.93. The highest BCUT2D eigenvalue weighted by molar-refractivity contribution is 7.89. The SMILES string of the molecule is NC(CO)C(=O)Nc1ccc(-c2ccc3nc(NCc4ccc(S(N)(=O)=O)cc4)nc(NCC(F)(F)F)c3n2)cc1. The molecule has 12 nitrogen and oxygen atoms in total. The monoisotopic (exact) mass is 590 g/mol. The number of carbonyl (C=O) groups excluding carboxylic acids is 1. The molecule has 0 aliphatic carbocycles. The molecule has 0 spiro atoms. The van der Waals surface area contributed by atoms with Crippen molar-refractivity contribution in [2.24, 2.45) is 10.9 Å². The Morgan fingerprint density at radius 1 is 0.951 bits per heavy atom. The number of rotatable bonds is 10. The van der Waals surface area contributed by atoms with Crippen LogP contribution in [0.15, 0.2) is 65.6 Å². The number of aromatic nitrogens is 3. The van der Waals surface area contributed by atoms with Gasteiger partial charge in [0.1, 0.15) is 18.1 Å². The number of nitrogens with two attached hydrogens (primary N) is 2. The van der Waals surface area contributed by atoms with E-state index in [-0.39, 0.29) is 34.2 Å². The zero-order valence-electron chi connectivity index (χ0n) is 21.2. The van der Waals surface area contributed by atoms with Gasteiger partial charge in [-0.3, -0.25) is 4.79 Å². The van der Waals surface area contributed by atoms with Gasteiger partial charge in [-0.2, -0.15) is 18.2 Å². The third-order valence-electron chi connectivity index (χ3n) is 5.68. The fourth-order valence-electron chi connectivity index (χ4n) is 3.58. The van der Waals surface area contributed by atoms with Gasteiger partial charge in [0.05, 0.1) is 22.7 Å². The molecule has 0 bridgehead atoms. The van der Waals surface area contributed by atoms with Crippen molar-refractivity contribution >= 4 is 44.4 Å². The summed E-state index contributed by atoms with van der Waals surface area (Å²) >= 11 is 0. The van der Waals surface area contributed by atoms with Gasteiger partial charge >= 0.3 is 6.18 Å². The smallest absolute Gasteiger partial charge is 0.394 e. The zero-order valence-corrected chi connectivity index (χ0v) is 22.0. The third kappa shape index (κ3) is 7.85. The number of carbonyl (C=O) groups is 1. The number of fused-ring (bicyclic) bond motifs is 1. The molecule has 0 saturated carbocycles. The van der Waals surface area contributed by atoms with Crippen molar-refractivity contribution in [2.45, 2.75) is 23.7 Å². The molecule has 1 amide bonds. The number of anilines is 3. The zero-order chi connectivity index (χ0) is 29.8. The summed E-state index contributed by atoms with van der Waals surface area (Å²) in [5.41, 5.74) is 7.95. The average molecular weight is 591 g/mol. The van der Waals surface area contributed by atoms with Crippen molar-refractivity contribution in [1.82, 2.24) is 15.0 Å². The lowest BCUT2D eigenvalue weighted by Gasteiger charge is -2.14. The van der Waals surface area contributed by atoms with Gasteiger partial charge in [0, 0.05) is 17.8 Å². The van der Waals surface area contributed by atoms with Crippen LogP contribution in [-0.2, 0) is 21.4 Å². The van der Waals surface area contributed by atoms with Crippen LogP contribution in [0.2, 0.25) is 0 Å². The third-order valence-corrected chi connectivity index (χ3v) is 6.61. The Bertz CT molecular complexity index is 1650. The van der Waals surface area contributed by atoms with Crippen LogP contribution in [0.3, 0.4) is 0 Å². The first-order valence-electron chi connectivity index (χ1n) is 11.9. The van der Waals surface area contributed by atoms with Crippen molar-refractivity contribution in [3.05, 3.63) is 66.2 Å². The van der Waals surface area contributed by atoms with E-state index >= 15 is 0 Å². The van der Waals surface area contributed by atoms with Gasteiger partial charge in [0.25, 0.3) is 0 Å². The van der Waals surface area contributed by atoms with Gasteiger partial charge in [-0.15, -0.1) is 0 Å². The van der Waals surface area contributed by atoms with Crippen molar-refractivity contribution in [3.63, 3.8) is 0 Å². The maximum Gasteiger partial charge on any atom is 0.405 e. The van der Waals surface area contributed by atoms with E-state index in [2.05, 4.69) is 30.9 Å². The number of benzene rings is 2. The number of nitrogens with zero attached hydrogens (tertiary/aromatic N) is 3. The summed E-state index contributed by atoms with van der Waals surface area (Å²) in [6.07, 6.45) is -4.52. The molecule has 2 aromatic heterocycles. The van der Waals surface area contributed by atoms with Crippen molar-refractivity contribution in [2.75, 3.05) is 29.1 Å². The van der Waals surface area contributed by atoms with Crippen molar-refractivity contribution in [1.29, 1.82) is 0 Å². The molecule has 16 heteroatoms. The quantitative estimate of drug-likeness (QED) is 0.159. The van der Waals surface area contributed by atoms with Crippen LogP contribution in [-0.4, -0.2) is 59.8 Å². The summed E-state index contributed by atoms with van der Waals surface area (Å²) in [6, 6.07) is 14.3. The minimum Gasteiger partial charge on any atom is -0.394 e. The molecule has 2 heterocycles. The standard InChI is InChI=1S/C25H25F3N8O4S/c26-25(27,28)13-32-22-21-20(35-24(36-22)31-11-14-1-7-17(8-2-14)41(30,39)40)10-9-19(34-21)15-3-5-16(6-4-15)33-23(38)18(29)12-37/h1-10,18,37H,11-13,29H2,(H,33,38)(H2,30,39,40)(H2,31,32,35,36). The van der Waals surface area contributed by atoms with Gasteiger partial charge in [-0.05, 0) is 42.0 Å². The van der Waals surface area contributed by atoms with Crippen LogP contribution in [0.25, 0.3) is 22.3 Å². The number of hydrogen-bond acceptors (Lipinski definition) is 10. The van der Waals surface area contributed by atoms with Crippen LogP contribution < -0.4 is 26.8 Å². The second-order valence-electron chi connectivity index (χ2n) is 8.83. The minimum absolute atomic E-state index is 0.0217. The first-order valence-corrected chi connectivity index (χ1v) is 13.5. The maximum atomic E-state index is 13.0. The van der Waals surface area contributed by atoms with Gasteiger partial charge in [0.2, 0.25) is 21.9 Å². The highest BCUT2D eigenvalue weighted by Gasteiger charge is 2.27. The lowest BCUT2D eigenvalue weighted by Crippen LogP contribution is -2.38. The molecule has 0 radical (unpaired) electrons. The molecule has 2 aromatic carbocycles. The Hall–Kier alpha value is -4.38. The van der Waals surface area contributed by atoms with E-state index in [1.54, 1.807) is 36.4 Å². The summed E-state index contributed by atoms with van der Waals surface area (Å²) in [7, 11) is -3.85. The van der Waals surface area contributed by atoms with Gasteiger partial charge in [-0.25, -0.2) is 23.5 Å². The van der Waals surface area contributed by atoms with Gasteiger partial charge in [0.15, 0.2) is 5.82 Å². The molecule has 1 unspecified atom stereocenters. The molecule has 41 heavy (non-hydrogen) atoms. The molecular formula is C25H25F3N8O4S. The van der Waals surface area contributed by atoms with Crippen LogP contribution in [0.1, 0.15) is 5.56 Å². The molecular weight excluding hydrogens is 565 g/mol. The molecule has 1 atom stereocenters. The van der Waals surface area contributed by atoms with E-state index in [1.807, 2.05) is 0 Å². The van der Waals surface area contributed by atoms with Crippen LogP contribution in [0.5, 0.6) is 0 Å². The van der Waals surface area contributed by atoms with E-state index < -0.39 is 41.3 Å². The predicted molar refractivity (Wildman–Crippen MR) is 146 cm³/mol. The Morgan fingerprint density at radius 3 is 2.24 bits per heavy atom. The number of halogens is 3. The molecule has 0 aliphatic rings. The molecule has 8 N–H and O–H groups in total. The molecule has 4 rings (SSSR count). The Kier molecular flexibility index (Phi) is 8.67. The van der Waals surface area contributed by atoms with Crippen LogP contribution >= 0.6 is 0 Å². The Morgan fingerprint density at radius 2 is 1.63 bits per heavy atom. The highest BCUT2D eigenvalue weighted by Crippen LogP contribution is 2.27. The summed E-state index contributed by atoms with van der Waals surface area (Å²) in [5, 5.41) is 21.9. The number of pyridine rings is 1.